The molecule has 0 spiro atoms. The molecule has 0 saturated carbocycles. The Balaban J connectivity index is 1.93. The van der Waals surface area contributed by atoms with Gasteiger partial charge in [-0.2, -0.15) is 0 Å². The molecule has 1 aliphatic heterocycles. The number of carbonyl (C=O) groups is 1. The number of hydrogen-bond acceptors (Lipinski definition) is 4. The van der Waals surface area contributed by atoms with E-state index in [2.05, 4.69) is 10.0 Å². The van der Waals surface area contributed by atoms with Crippen LogP contribution < -0.4 is 10.0 Å². The minimum atomic E-state index is -3.61. The predicted molar refractivity (Wildman–Crippen MR) is 71.1 cm³/mol. The molecule has 6 nitrogen and oxygen atoms in total. The minimum Gasteiger partial charge on any atom is -0.339 e. The zero-order valence-electron chi connectivity index (χ0n) is 10.5. The molecule has 19 heavy (non-hydrogen) atoms. The summed E-state index contributed by atoms with van der Waals surface area (Å²) in [5, 5.41) is 3.14. The van der Waals surface area contributed by atoms with Gasteiger partial charge < -0.3 is 10.2 Å². The molecule has 1 fully saturated rings. The standard InChI is InChI=1S/C12H17N3O3S/c16-12(15-8-6-13-7-9-15)10-14-19(17,18)11-4-2-1-3-5-11/h1-5,13-14H,6-10H2. The quantitative estimate of drug-likeness (QED) is 0.773. The molecular weight excluding hydrogens is 266 g/mol. The molecule has 0 atom stereocenters. The first kappa shape index (κ1) is 14.0. The first-order valence-electron chi connectivity index (χ1n) is 6.13. The number of nitrogens with zero attached hydrogens (tertiary/aromatic N) is 1. The van der Waals surface area contributed by atoms with Gasteiger partial charge in [-0.05, 0) is 12.1 Å². The van der Waals surface area contributed by atoms with Crippen molar-refractivity contribution in [2.45, 2.75) is 4.90 Å². The van der Waals surface area contributed by atoms with Crippen LogP contribution in [0.2, 0.25) is 0 Å². The molecular formula is C12H17N3O3S. The van der Waals surface area contributed by atoms with E-state index < -0.39 is 10.0 Å². The van der Waals surface area contributed by atoms with Crippen LogP contribution in [0.3, 0.4) is 0 Å². The van der Waals surface area contributed by atoms with Gasteiger partial charge in [-0.1, -0.05) is 18.2 Å². The fourth-order valence-electron chi connectivity index (χ4n) is 1.87. The molecule has 1 aliphatic rings. The highest BCUT2D eigenvalue weighted by Crippen LogP contribution is 2.06. The molecule has 1 aromatic rings. The summed E-state index contributed by atoms with van der Waals surface area (Å²) in [6, 6.07) is 8.03. The van der Waals surface area contributed by atoms with Crippen LogP contribution >= 0.6 is 0 Å². The van der Waals surface area contributed by atoms with E-state index in [1.807, 2.05) is 0 Å². The second-order valence-corrected chi connectivity index (χ2v) is 6.04. The molecule has 0 aliphatic carbocycles. The third-order valence-electron chi connectivity index (χ3n) is 2.94. The van der Waals surface area contributed by atoms with Crippen LogP contribution in [0.25, 0.3) is 0 Å². The molecule has 0 radical (unpaired) electrons. The maximum atomic E-state index is 11.9. The molecule has 0 unspecified atom stereocenters. The summed E-state index contributed by atoms with van der Waals surface area (Å²) in [5.74, 6) is -0.194. The highest BCUT2D eigenvalue weighted by Gasteiger charge is 2.19. The van der Waals surface area contributed by atoms with Gasteiger partial charge in [0.25, 0.3) is 0 Å². The lowest BCUT2D eigenvalue weighted by molar-refractivity contribution is -0.130. The smallest absolute Gasteiger partial charge is 0.241 e. The predicted octanol–water partition coefficient (Wildman–Crippen LogP) is -0.603. The Morgan fingerprint density at radius 3 is 2.47 bits per heavy atom. The van der Waals surface area contributed by atoms with Crippen LogP contribution in [0.1, 0.15) is 0 Å². The van der Waals surface area contributed by atoms with Crippen LogP contribution in [0.4, 0.5) is 0 Å². The van der Waals surface area contributed by atoms with Crippen molar-refractivity contribution in [3.63, 3.8) is 0 Å². The van der Waals surface area contributed by atoms with Crippen molar-refractivity contribution in [3.8, 4) is 0 Å². The van der Waals surface area contributed by atoms with Gasteiger partial charge in [0, 0.05) is 26.2 Å². The summed E-state index contributed by atoms with van der Waals surface area (Å²) >= 11 is 0. The Labute approximate surface area is 112 Å². The van der Waals surface area contributed by atoms with E-state index in [0.717, 1.165) is 13.1 Å². The number of piperazine rings is 1. The van der Waals surface area contributed by atoms with Crippen molar-refractivity contribution in [3.05, 3.63) is 30.3 Å². The van der Waals surface area contributed by atoms with E-state index >= 15 is 0 Å². The van der Waals surface area contributed by atoms with Gasteiger partial charge in [0.15, 0.2) is 0 Å². The Hall–Kier alpha value is -1.44. The lowest BCUT2D eigenvalue weighted by atomic mass is 10.3. The Bertz CT molecular complexity index is 524. The second-order valence-electron chi connectivity index (χ2n) is 4.27. The van der Waals surface area contributed by atoms with E-state index in [1.54, 1.807) is 23.1 Å². The molecule has 7 heteroatoms. The summed E-state index contributed by atoms with van der Waals surface area (Å²) < 4.78 is 26.2. The molecule has 1 amide bonds. The molecule has 1 heterocycles. The summed E-state index contributed by atoms with van der Waals surface area (Å²) in [6.45, 7) is 2.53. The summed E-state index contributed by atoms with van der Waals surface area (Å²) in [5.41, 5.74) is 0. The fourth-order valence-corrected chi connectivity index (χ4v) is 2.86. The fraction of sp³-hybridized carbons (Fsp3) is 0.417. The number of rotatable bonds is 4. The topological polar surface area (TPSA) is 78.5 Å². The number of benzene rings is 1. The molecule has 1 saturated heterocycles. The Morgan fingerprint density at radius 2 is 1.84 bits per heavy atom. The average molecular weight is 283 g/mol. The van der Waals surface area contributed by atoms with Gasteiger partial charge in [-0.15, -0.1) is 0 Å². The van der Waals surface area contributed by atoms with Crippen molar-refractivity contribution >= 4 is 15.9 Å². The van der Waals surface area contributed by atoms with E-state index in [-0.39, 0.29) is 17.3 Å². The first-order chi connectivity index (χ1) is 9.09. The molecule has 1 aromatic carbocycles. The zero-order valence-corrected chi connectivity index (χ0v) is 11.3. The number of amides is 1. The van der Waals surface area contributed by atoms with Gasteiger partial charge >= 0.3 is 0 Å². The number of hydrogen-bond donors (Lipinski definition) is 2. The first-order valence-corrected chi connectivity index (χ1v) is 7.61. The summed E-state index contributed by atoms with van der Waals surface area (Å²) in [7, 11) is -3.61. The van der Waals surface area contributed by atoms with Crippen molar-refractivity contribution in [1.29, 1.82) is 0 Å². The number of sulfonamides is 1. The number of nitrogens with one attached hydrogen (secondary N) is 2. The van der Waals surface area contributed by atoms with E-state index in [4.69, 9.17) is 0 Å². The van der Waals surface area contributed by atoms with Crippen molar-refractivity contribution < 1.29 is 13.2 Å². The van der Waals surface area contributed by atoms with Crippen molar-refractivity contribution in [1.82, 2.24) is 14.9 Å². The monoisotopic (exact) mass is 283 g/mol. The molecule has 2 rings (SSSR count). The second kappa shape index (κ2) is 6.14. The van der Waals surface area contributed by atoms with Gasteiger partial charge in [0.2, 0.25) is 15.9 Å². The molecule has 2 N–H and O–H groups in total. The van der Waals surface area contributed by atoms with E-state index in [0.29, 0.717) is 13.1 Å². The highest BCUT2D eigenvalue weighted by molar-refractivity contribution is 7.89. The molecule has 104 valence electrons. The Kier molecular flexibility index (Phi) is 4.52. The Morgan fingerprint density at radius 1 is 1.21 bits per heavy atom. The van der Waals surface area contributed by atoms with Crippen molar-refractivity contribution in [2.75, 3.05) is 32.7 Å². The SMILES string of the molecule is O=C(CNS(=O)(=O)c1ccccc1)N1CCNCC1. The average Bonchev–Trinajstić information content (AvgIpc) is 2.47. The largest absolute Gasteiger partial charge is 0.339 e. The zero-order chi connectivity index (χ0) is 13.7. The normalized spacial score (nSPS) is 16.3. The van der Waals surface area contributed by atoms with Crippen LogP contribution in [0.5, 0.6) is 0 Å². The highest BCUT2D eigenvalue weighted by atomic mass is 32.2. The lowest BCUT2D eigenvalue weighted by Gasteiger charge is -2.27. The van der Waals surface area contributed by atoms with Gasteiger partial charge in [0.05, 0.1) is 11.4 Å². The van der Waals surface area contributed by atoms with Gasteiger partial charge in [-0.3, -0.25) is 4.79 Å². The third-order valence-corrected chi connectivity index (χ3v) is 4.35. The van der Waals surface area contributed by atoms with Crippen LogP contribution in [0.15, 0.2) is 35.2 Å². The van der Waals surface area contributed by atoms with Crippen LogP contribution in [-0.2, 0) is 14.8 Å². The van der Waals surface area contributed by atoms with Gasteiger partial charge in [0.1, 0.15) is 0 Å². The lowest BCUT2D eigenvalue weighted by Crippen LogP contribution is -2.49. The molecule has 0 aromatic heterocycles. The van der Waals surface area contributed by atoms with E-state index in [1.165, 1.54) is 12.1 Å². The van der Waals surface area contributed by atoms with Gasteiger partial charge in [-0.25, -0.2) is 13.1 Å². The van der Waals surface area contributed by atoms with E-state index in [9.17, 15) is 13.2 Å². The number of carbonyl (C=O) groups excluding carboxylic acids is 1. The van der Waals surface area contributed by atoms with Crippen LogP contribution in [0, 0.1) is 0 Å². The summed E-state index contributed by atoms with van der Waals surface area (Å²) in [4.78, 5) is 13.7. The van der Waals surface area contributed by atoms with Crippen molar-refractivity contribution in [2.24, 2.45) is 0 Å². The maximum Gasteiger partial charge on any atom is 0.241 e. The summed E-state index contributed by atoms with van der Waals surface area (Å²) in [6.07, 6.45) is 0. The maximum absolute atomic E-state index is 11.9. The molecule has 0 bridgehead atoms. The minimum absolute atomic E-state index is 0.170. The van der Waals surface area contributed by atoms with Crippen LogP contribution in [-0.4, -0.2) is 51.9 Å². The third kappa shape index (κ3) is 3.76.